The fraction of sp³-hybridized carbons (Fsp3) is 0.0800. The molecule has 8 nitrogen and oxygen atoms in total. The molecule has 1 aliphatic rings. The average molecular weight is 471 g/mol. The molecule has 2 amide bonds. The maximum Gasteiger partial charge on any atom is 0.278 e. The van der Waals surface area contributed by atoms with Crippen LogP contribution < -0.4 is 4.90 Å². The minimum Gasteiger partial charge on any atom is -0.361 e. The van der Waals surface area contributed by atoms with E-state index in [1.54, 1.807) is 36.4 Å². The number of H-pyrrole nitrogens is 1. The number of nitro benzene ring substituents is 1. The van der Waals surface area contributed by atoms with E-state index in [2.05, 4.69) is 9.98 Å². The fourth-order valence-electron chi connectivity index (χ4n) is 3.82. The van der Waals surface area contributed by atoms with Gasteiger partial charge in [-0.05, 0) is 53.9 Å². The van der Waals surface area contributed by atoms with Crippen LogP contribution in [0.3, 0.4) is 0 Å². The summed E-state index contributed by atoms with van der Waals surface area (Å²) >= 11 is 1.34. The summed E-state index contributed by atoms with van der Waals surface area (Å²) in [5.41, 5.74) is 2.46. The van der Waals surface area contributed by atoms with Gasteiger partial charge in [0.1, 0.15) is 0 Å². The van der Waals surface area contributed by atoms with E-state index in [-0.39, 0.29) is 23.9 Å². The zero-order chi connectivity index (χ0) is 23.7. The van der Waals surface area contributed by atoms with E-state index < -0.39 is 10.2 Å². The van der Waals surface area contributed by atoms with Gasteiger partial charge in [-0.25, -0.2) is 4.90 Å². The summed E-state index contributed by atoms with van der Waals surface area (Å²) in [5, 5.41) is 11.6. The second-order valence-electron chi connectivity index (χ2n) is 7.70. The molecule has 1 N–H and O–H groups in total. The molecule has 3 aromatic carbocycles. The van der Waals surface area contributed by atoms with Crippen molar-refractivity contribution in [2.45, 2.75) is 16.6 Å². The van der Waals surface area contributed by atoms with Gasteiger partial charge in [0, 0.05) is 35.3 Å². The Hall–Kier alpha value is -4.24. The molecule has 0 bridgehead atoms. The topological polar surface area (TPSA) is 109 Å². The molecule has 1 aromatic heterocycles. The number of carbonyl (C=O) groups is 2. The molecule has 1 aliphatic heterocycles. The highest BCUT2D eigenvalue weighted by molar-refractivity contribution is 8.00. The number of imide groups is 1. The predicted molar refractivity (Wildman–Crippen MR) is 132 cm³/mol. The van der Waals surface area contributed by atoms with Crippen LogP contribution in [0.1, 0.15) is 12.0 Å². The largest absolute Gasteiger partial charge is 0.361 e. The van der Waals surface area contributed by atoms with Crippen LogP contribution in [0.2, 0.25) is 0 Å². The molecule has 0 saturated carbocycles. The van der Waals surface area contributed by atoms with Gasteiger partial charge in [0.05, 0.1) is 27.1 Å². The van der Waals surface area contributed by atoms with Gasteiger partial charge >= 0.3 is 0 Å². The molecule has 4 aromatic rings. The quantitative estimate of drug-likeness (QED) is 0.179. The standard InChI is InChI=1S/C25H18N4O4S/c30-24-14-23(25(31)28(24)19-8-5-16-11-12-26-21(16)13-19)34-20-9-6-18(7-10-20)27-15-17-3-1-2-4-22(17)29(32)33/h1-13,15,23,26H,14H2. The average Bonchev–Trinajstić information content (AvgIpc) is 3.42. The molecule has 1 saturated heterocycles. The number of aromatic amines is 1. The van der Waals surface area contributed by atoms with Crippen molar-refractivity contribution < 1.29 is 14.5 Å². The summed E-state index contributed by atoms with van der Waals surface area (Å²) in [6.45, 7) is 0. The molecular weight excluding hydrogens is 452 g/mol. The number of aromatic nitrogens is 1. The number of nitro groups is 1. The number of para-hydroxylation sites is 1. The third-order valence-corrected chi connectivity index (χ3v) is 6.70. The maximum atomic E-state index is 13.0. The van der Waals surface area contributed by atoms with E-state index in [9.17, 15) is 19.7 Å². The number of benzene rings is 3. The van der Waals surface area contributed by atoms with Gasteiger partial charge in [-0.15, -0.1) is 11.8 Å². The SMILES string of the molecule is O=C1CC(Sc2ccc(N=Cc3ccccc3[N+](=O)[O-])cc2)C(=O)N1c1ccc2cc[nH]c2c1. The molecule has 0 aliphatic carbocycles. The van der Waals surface area contributed by atoms with Crippen molar-refractivity contribution in [2.24, 2.45) is 4.99 Å². The van der Waals surface area contributed by atoms with E-state index in [0.717, 1.165) is 15.8 Å². The van der Waals surface area contributed by atoms with Gasteiger partial charge in [-0.2, -0.15) is 0 Å². The number of anilines is 1. The predicted octanol–water partition coefficient (Wildman–Crippen LogP) is 5.25. The van der Waals surface area contributed by atoms with Gasteiger partial charge in [0.25, 0.3) is 5.69 Å². The fourth-order valence-corrected chi connectivity index (χ4v) is 4.88. The smallest absolute Gasteiger partial charge is 0.278 e. The van der Waals surface area contributed by atoms with Crippen LogP contribution in [0, 0.1) is 10.1 Å². The second-order valence-corrected chi connectivity index (χ2v) is 8.97. The number of aliphatic imine (C=N–C) groups is 1. The first-order valence-corrected chi connectivity index (χ1v) is 11.4. The molecule has 1 unspecified atom stereocenters. The summed E-state index contributed by atoms with van der Waals surface area (Å²) in [6.07, 6.45) is 3.40. The summed E-state index contributed by atoms with van der Waals surface area (Å²) in [5.74, 6) is -0.460. The highest BCUT2D eigenvalue weighted by Gasteiger charge is 2.40. The van der Waals surface area contributed by atoms with Crippen LogP contribution >= 0.6 is 11.8 Å². The lowest BCUT2D eigenvalue weighted by atomic mass is 10.2. The third-order valence-electron chi connectivity index (χ3n) is 5.50. The lowest BCUT2D eigenvalue weighted by Gasteiger charge is -2.15. The second kappa shape index (κ2) is 8.95. The van der Waals surface area contributed by atoms with Gasteiger partial charge < -0.3 is 4.98 Å². The van der Waals surface area contributed by atoms with Crippen LogP contribution in [0.5, 0.6) is 0 Å². The van der Waals surface area contributed by atoms with E-state index in [1.165, 1.54) is 28.9 Å². The lowest BCUT2D eigenvalue weighted by Crippen LogP contribution is -2.31. The summed E-state index contributed by atoms with van der Waals surface area (Å²) < 4.78 is 0. The Bertz CT molecular complexity index is 1440. The first-order chi connectivity index (χ1) is 16.5. The van der Waals surface area contributed by atoms with Crippen LogP contribution in [0.25, 0.3) is 10.9 Å². The number of nitrogens with zero attached hydrogens (tertiary/aromatic N) is 3. The molecule has 0 radical (unpaired) electrons. The minimum atomic E-state index is -0.506. The Morgan fingerprint density at radius 1 is 1.06 bits per heavy atom. The highest BCUT2D eigenvalue weighted by Crippen LogP contribution is 2.35. The molecule has 0 spiro atoms. The van der Waals surface area contributed by atoms with E-state index in [0.29, 0.717) is 16.9 Å². The maximum absolute atomic E-state index is 13.0. The summed E-state index contributed by atoms with van der Waals surface area (Å²) in [6, 6.07) is 21.0. The molecule has 2 heterocycles. The zero-order valence-electron chi connectivity index (χ0n) is 17.8. The number of nitrogens with one attached hydrogen (secondary N) is 1. The van der Waals surface area contributed by atoms with Gasteiger partial charge in [-0.1, -0.05) is 18.2 Å². The molecule has 9 heteroatoms. The van der Waals surface area contributed by atoms with Crippen LogP contribution in [-0.4, -0.2) is 33.2 Å². The Morgan fingerprint density at radius 3 is 2.65 bits per heavy atom. The number of thioether (sulfide) groups is 1. The number of carbonyl (C=O) groups excluding carboxylic acids is 2. The number of rotatable bonds is 6. The number of hydrogen-bond acceptors (Lipinski definition) is 6. The summed E-state index contributed by atoms with van der Waals surface area (Å²) in [7, 11) is 0. The van der Waals surface area contributed by atoms with Crippen molar-refractivity contribution in [3.8, 4) is 0 Å². The monoisotopic (exact) mass is 470 g/mol. The van der Waals surface area contributed by atoms with Crippen molar-refractivity contribution >= 4 is 57.8 Å². The molecule has 5 rings (SSSR count). The van der Waals surface area contributed by atoms with Gasteiger partial charge in [0.15, 0.2) is 0 Å². The van der Waals surface area contributed by atoms with Crippen molar-refractivity contribution in [1.82, 2.24) is 4.98 Å². The van der Waals surface area contributed by atoms with E-state index >= 15 is 0 Å². The lowest BCUT2D eigenvalue weighted by molar-refractivity contribution is -0.385. The molecule has 168 valence electrons. The molecule has 1 atom stereocenters. The van der Waals surface area contributed by atoms with Crippen molar-refractivity contribution in [3.05, 3.63) is 94.7 Å². The number of amides is 2. The molecule has 34 heavy (non-hydrogen) atoms. The van der Waals surface area contributed by atoms with Crippen LogP contribution in [0.15, 0.2) is 88.9 Å². The molecule has 1 fully saturated rings. The normalized spacial score (nSPS) is 16.1. The third kappa shape index (κ3) is 4.20. The van der Waals surface area contributed by atoms with Crippen molar-refractivity contribution in [2.75, 3.05) is 4.90 Å². The van der Waals surface area contributed by atoms with Crippen LogP contribution in [-0.2, 0) is 9.59 Å². The van der Waals surface area contributed by atoms with E-state index in [1.807, 2.05) is 36.5 Å². The summed E-state index contributed by atoms with van der Waals surface area (Å²) in [4.78, 5) is 45.8. The van der Waals surface area contributed by atoms with Crippen molar-refractivity contribution in [1.29, 1.82) is 0 Å². The van der Waals surface area contributed by atoms with Crippen molar-refractivity contribution in [3.63, 3.8) is 0 Å². The Morgan fingerprint density at radius 2 is 1.85 bits per heavy atom. The number of fused-ring (bicyclic) bond motifs is 1. The van der Waals surface area contributed by atoms with Gasteiger partial charge in [0.2, 0.25) is 11.8 Å². The first kappa shape index (κ1) is 21.6. The Labute approximate surface area is 198 Å². The Kier molecular flexibility index (Phi) is 5.69. The Balaban J connectivity index is 1.28. The van der Waals surface area contributed by atoms with Crippen LogP contribution in [0.4, 0.5) is 17.1 Å². The minimum absolute atomic E-state index is 0.0113. The van der Waals surface area contributed by atoms with Gasteiger partial charge in [-0.3, -0.25) is 24.7 Å². The highest BCUT2D eigenvalue weighted by atomic mass is 32.2. The molecular formula is C25H18N4O4S. The number of hydrogen-bond donors (Lipinski definition) is 1. The zero-order valence-corrected chi connectivity index (χ0v) is 18.6. The van der Waals surface area contributed by atoms with E-state index in [4.69, 9.17) is 0 Å². The first-order valence-electron chi connectivity index (χ1n) is 10.5.